The predicted octanol–water partition coefficient (Wildman–Crippen LogP) is 5.47. The first-order valence-corrected chi connectivity index (χ1v) is 12.4. The van der Waals surface area contributed by atoms with E-state index >= 15 is 0 Å². The number of nitro groups is 1. The van der Waals surface area contributed by atoms with Gasteiger partial charge in [-0.2, -0.15) is 0 Å². The number of nitro benzene ring substituents is 1. The van der Waals surface area contributed by atoms with Gasteiger partial charge in [0, 0.05) is 0 Å². The molecule has 2 amide bonds. The van der Waals surface area contributed by atoms with Crippen molar-refractivity contribution in [2.75, 3.05) is 23.1 Å². The summed E-state index contributed by atoms with van der Waals surface area (Å²) >= 11 is 1.01. The summed E-state index contributed by atoms with van der Waals surface area (Å²) < 4.78 is 18.6. The highest BCUT2D eigenvalue weighted by atomic mass is 32.2. The number of amidine groups is 1. The normalized spacial score (nSPS) is 14.0. The van der Waals surface area contributed by atoms with Gasteiger partial charge in [0.1, 0.15) is 23.0 Å². The molecule has 0 saturated carbocycles. The third kappa shape index (κ3) is 6.06. The van der Waals surface area contributed by atoms with Crippen LogP contribution in [-0.4, -0.2) is 34.8 Å². The van der Waals surface area contributed by atoms with Gasteiger partial charge in [-0.15, -0.1) is 0 Å². The van der Waals surface area contributed by atoms with Crippen LogP contribution in [0.1, 0.15) is 16.7 Å². The lowest BCUT2D eigenvalue weighted by Crippen LogP contribution is -2.31. The maximum atomic E-state index is 13.4. The van der Waals surface area contributed by atoms with Gasteiger partial charge in [0.25, 0.3) is 11.6 Å². The maximum Gasteiger partial charge on any atom is 0.295 e. The van der Waals surface area contributed by atoms with E-state index in [1.54, 1.807) is 37.5 Å². The zero-order chi connectivity index (χ0) is 27.4. The smallest absolute Gasteiger partial charge is 0.295 e. The van der Waals surface area contributed by atoms with Crippen molar-refractivity contribution in [2.24, 2.45) is 4.99 Å². The van der Waals surface area contributed by atoms with E-state index in [4.69, 9.17) is 4.74 Å². The number of methoxy groups -OCH3 is 1. The second kappa shape index (κ2) is 11.3. The van der Waals surface area contributed by atoms with Crippen molar-refractivity contribution in [1.29, 1.82) is 0 Å². The average molecular weight is 535 g/mol. The van der Waals surface area contributed by atoms with Crippen LogP contribution in [0.5, 0.6) is 5.75 Å². The van der Waals surface area contributed by atoms with Crippen LogP contribution in [0.4, 0.5) is 21.5 Å². The minimum absolute atomic E-state index is 0.127. The van der Waals surface area contributed by atoms with Crippen molar-refractivity contribution in [3.05, 3.63) is 99.0 Å². The molecule has 1 aliphatic rings. The van der Waals surface area contributed by atoms with E-state index in [2.05, 4.69) is 10.3 Å². The van der Waals surface area contributed by atoms with E-state index in [0.717, 1.165) is 46.7 Å². The summed E-state index contributed by atoms with van der Waals surface area (Å²) in [5, 5.41) is 14.0. The number of amides is 2. The fourth-order valence-corrected chi connectivity index (χ4v) is 4.65. The number of thioether (sulfide) groups is 1. The molecule has 0 atom stereocenters. The Balaban J connectivity index is 1.60. The van der Waals surface area contributed by atoms with Crippen molar-refractivity contribution in [3.63, 3.8) is 0 Å². The predicted molar refractivity (Wildman–Crippen MR) is 146 cm³/mol. The van der Waals surface area contributed by atoms with Crippen LogP contribution in [0.2, 0.25) is 0 Å². The molecule has 0 aliphatic carbocycles. The van der Waals surface area contributed by atoms with E-state index in [9.17, 15) is 24.1 Å². The zero-order valence-electron chi connectivity index (χ0n) is 20.7. The second-order valence-corrected chi connectivity index (χ2v) is 9.38. The minimum Gasteiger partial charge on any atom is -0.497 e. The molecule has 9 nitrogen and oxygen atoms in total. The first-order chi connectivity index (χ1) is 18.1. The lowest BCUT2D eigenvalue weighted by Gasteiger charge is -2.19. The van der Waals surface area contributed by atoms with Gasteiger partial charge in [0.15, 0.2) is 5.17 Å². The lowest BCUT2D eigenvalue weighted by molar-refractivity contribution is -0.384. The Bertz CT molecular complexity index is 1470. The van der Waals surface area contributed by atoms with E-state index in [-0.39, 0.29) is 28.2 Å². The van der Waals surface area contributed by atoms with Crippen molar-refractivity contribution in [3.8, 4) is 5.75 Å². The van der Waals surface area contributed by atoms with Crippen molar-refractivity contribution in [2.45, 2.75) is 13.8 Å². The molecule has 1 aliphatic heterocycles. The first kappa shape index (κ1) is 26.6. The molecule has 0 fully saturated rings. The van der Waals surface area contributed by atoms with Gasteiger partial charge in [-0.1, -0.05) is 30.0 Å². The van der Waals surface area contributed by atoms with Crippen LogP contribution in [-0.2, 0) is 9.59 Å². The third-order valence-corrected chi connectivity index (χ3v) is 6.41. The lowest BCUT2D eigenvalue weighted by atomic mass is 10.1. The molecule has 0 unspecified atom stereocenters. The van der Waals surface area contributed by atoms with Gasteiger partial charge in [0.05, 0.1) is 29.5 Å². The summed E-state index contributed by atoms with van der Waals surface area (Å²) in [6.07, 6.45) is 1.65. The molecule has 0 aromatic heterocycles. The number of rotatable bonds is 7. The number of nitrogens with zero attached hydrogens (tertiary/aromatic N) is 3. The quantitative estimate of drug-likeness (QED) is 0.244. The average Bonchev–Trinajstić information content (AvgIpc) is 3.18. The molecule has 38 heavy (non-hydrogen) atoms. The van der Waals surface area contributed by atoms with Crippen molar-refractivity contribution >= 4 is 51.9 Å². The highest BCUT2D eigenvalue weighted by molar-refractivity contribution is 8.14. The standard InChI is InChI=1S/C27H23FN4O5S/c1-16-10-17(2)12-20(11-16)31-26(34)23(13-18-4-7-21(37-3)8-5-18)30-27(31)38-15-25(33)29-22-9-6-19(28)14-24(22)32(35)36/h4-14H,15H2,1-3H3,(H,29,33)/b23-13-. The summed E-state index contributed by atoms with van der Waals surface area (Å²) in [5.74, 6) is -1.25. The Hall–Kier alpha value is -4.51. The van der Waals surface area contributed by atoms with Crippen LogP contribution in [0.3, 0.4) is 0 Å². The van der Waals surface area contributed by atoms with Crippen LogP contribution >= 0.6 is 11.8 Å². The highest BCUT2D eigenvalue weighted by Gasteiger charge is 2.33. The number of anilines is 2. The summed E-state index contributed by atoms with van der Waals surface area (Å²) in [4.78, 5) is 42.5. The molecule has 1 N–H and O–H groups in total. The fraction of sp³-hybridized carbons (Fsp3) is 0.148. The van der Waals surface area contributed by atoms with Gasteiger partial charge in [0.2, 0.25) is 5.91 Å². The van der Waals surface area contributed by atoms with E-state index in [1.807, 2.05) is 32.0 Å². The number of carbonyl (C=O) groups is 2. The molecule has 0 spiro atoms. The third-order valence-electron chi connectivity index (χ3n) is 5.48. The Morgan fingerprint density at radius 3 is 2.45 bits per heavy atom. The molecular weight excluding hydrogens is 511 g/mol. The minimum atomic E-state index is -0.789. The van der Waals surface area contributed by atoms with Crippen LogP contribution in [0.25, 0.3) is 6.08 Å². The molecule has 11 heteroatoms. The number of ether oxygens (including phenoxy) is 1. The molecule has 3 aromatic carbocycles. The van der Waals surface area contributed by atoms with Crippen molar-refractivity contribution in [1.82, 2.24) is 0 Å². The fourth-order valence-electron chi connectivity index (χ4n) is 3.84. The number of nitrogens with one attached hydrogen (secondary N) is 1. The number of hydrogen-bond donors (Lipinski definition) is 1. The molecular formula is C27H23FN4O5S. The summed E-state index contributed by atoms with van der Waals surface area (Å²) in [5.41, 5.74) is 2.75. The van der Waals surface area contributed by atoms with Crippen LogP contribution in [0, 0.1) is 29.8 Å². The number of aryl methyl sites for hydroxylation is 2. The zero-order valence-corrected chi connectivity index (χ0v) is 21.5. The van der Waals surface area contributed by atoms with Crippen LogP contribution < -0.4 is 15.0 Å². The number of aliphatic imine (C=N–C) groups is 1. The van der Waals surface area contributed by atoms with Crippen molar-refractivity contribution < 1.29 is 23.6 Å². The molecule has 3 aromatic rings. The van der Waals surface area contributed by atoms with E-state index < -0.39 is 22.3 Å². The van der Waals surface area contributed by atoms with Gasteiger partial charge in [-0.25, -0.2) is 9.38 Å². The SMILES string of the molecule is COc1ccc(/C=C2\N=C(SCC(=O)Nc3ccc(F)cc3[N+](=O)[O-])N(c3cc(C)cc(C)c3)C2=O)cc1. The Labute approximate surface area is 222 Å². The maximum absolute atomic E-state index is 13.4. The molecule has 0 saturated heterocycles. The Kier molecular flexibility index (Phi) is 7.87. The number of halogens is 1. The summed E-state index contributed by atoms with van der Waals surface area (Å²) in [6.45, 7) is 3.83. The van der Waals surface area contributed by atoms with Gasteiger partial charge in [-0.05, 0) is 73.0 Å². The molecule has 0 bridgehead atoms. The van der Waals surface area contributed by atoms with Gasteiger partial charge < -0.3 is 10.1 Å². The molecule has 194 valence electrons. The Morgan fingerprint density at radius 1 is 1.13 bits per heavy atom. The van der Waals surface area contributed by atoms with E-state index in [1.165, 1.54) is 4.90 Å². The number of benzene rings is 3. The highest BCUT2D eigenvalue weighted by Crippen LogP contribution is 2.31. The molecule has 0 radical (unpaired) electrons. The topological polar surface area (TPSA) is 114 Å². The largest absolute Gasteiger partial charge is 0.497 e. The summed E-state index contributed by atoms with van der Waals surface area (Å²) in [7, 11) is 1.56. The first-order valence-electron chi connectivity index (χ1n) is 11.4. The summed E-state index contributed by atoms with van der Waals surface area (Å²) in [6, 6.07) is 15.7. The number of carbonyl (C=O) groups excluding carboxylic acids is 2. The monoisotopic (exact) mass is 534 g/mol. The number of hydrogen-bond acceptors (Lipinski definition) is 7. The van der Waals surface area contributed by atoms with E-state index in [0.29, 0.717) is 11.4 Å². The van der Waals surface area contributed by atoms with Gasteiger partial charge >= 0.3 is 0 Å². The van der Waals surface area contributed by atoms with Gasteiger partial charge in [-0.3, -0.25) is 24.6 Å². The Morgan fingerprint density at radius 2 is 1.82 bits per heavy atom. The molecule has 4 rings (SSSR count). The molecule has 1 heterocycles. The van der Waals surface area contributed by atoms with Crippen LogP contribution in [0.15, 0.2) is 71.4 Å². The second-order valence-electron chi connectivity index (χ2n) is 8.44.